The van der Waals surface area contributed by atoms with Gasteiger partial charge >= 0.3 is 37.7 Å². The van der Waals surface area contributed by atoms with Crippen molar-refractivity contribution in [3.63, 3.8) is 0 Å². The van der Waals surface area contributed by atoms with Crippen LogP contribution < -0.4 is 0 Å². The largest absolute Gasteiger partial charge is 0.469 e. The van der Waals surface area contributed by atoms with Crippen LogP contribution in [0.5, 0.6) is 0 Å². The van der Waals surface area contributed by atoms with Crippen LogP contribution in [-0.4, -0.2) is 92.5 Å². The van der Waals surface area contributed by atoms with Crippen molar-refractivity contribution in [2.75, 3.05) is 52.9 Å². The highest BCUT2D eigenvalue weighted by Crippen LogP contribution is 2.39. The zero-order valence-electron chi connectivity index (χ0n) is 26.8. The van der Waals surface area contributed by atoms with Crippen molar-refractivity contribution < 1.29 is 71.3 Å². The Labute approximate surface area is 268 Å². The molecule has 0 aliphatic rings. The Morgan fingerprint density at radius 1 is 0.478 bits per heavy atom. The van der Waals surface area contributed by atoms with Gasteiger partial charge in [0.05, 0.1) is 30.7 Å². The summed E-state index contributed by atoms with van der Waals surface area (Å²) in [4.78, 5) is 80.2. The lowest BCUT2D eigenvalue weighted by Gasteiger charge is -2.35. The predicted molar refractivity (Wildman–Crippen MR) is 163 cm³/mol. The first kappa shape index (κ1) is 42.1. The lowest BCUT2D eigenvalue weighted by molar-refractivity contribution is -0.167. The van der Waals surface area contributed by atoms with Gasteiger partial charge in [-0.1, -0.05) is 32.9 Å². The van der Waals surface area contributed by atoms with Crippen LogP contribution in [0.3, 0.4) is 0 Å². The van der Waals surface area contributed by atoms with E-state index in [0.29, 0.717) is 0 Å². The Bertz CT molecular complexity index is 1170. The van der Waals surface area contributed by atoms with Crippen LogP contribution >= 0.6 is 7.82 Å². The Morgan fingerprint density at radius 2 is 0.696 bits per heavy atom. The summed E-state index contributed by atoms with van der Waals surface area (Å²) in [6.07, 6.45) is 0. The molecule has 0 rings (SSSR count). The molecule has 0 bridgehead atoms. The minimum Gasteiger partial charge on any atom is -0.461 e. The third kappa shape index (κ3) is 16.4. The minimum atomic E-state index is -5.12. The maximum atomic E-state index is 12.3. The lowest BCUT2D eigenvalue weighted by Crippen LogP contribution is -2.47. The van der Waals surface area contributed by atoms with E-state index in [-0.39, 0.29) is 27.9 Å². The molecule has 0 unspecified atom stereocenters. The zero-order chi connectivity index (χ0) is 35.9. The van der Waals surface area contributed by atoms with E-state index in [1.807, 2.05) is 0 Å². The molecule has 0 atom stereocenters. The van der Waals surface area contributed by atoms with Gasteiger partial charge in [-0.25, -0.2) is 28.5 Å². The van der Waals surface area contributed by atoms with Gasteiger partial charge in [-0.05, 0) is 34.6 Å². The third-order valence-electron chi connectivity index (χ3n) is 5.64. The fraction of sp³-hybridized carbons (Fsp3) is 0.500. The van der Waals surface area contributed by atoms with E-state index in [0.717, 1.165) is 0 Å². The molecule has 0 saturated carbocycles. The van der Waals surface area contributed by atoms with Crippen molar-refractivity contribution in [1.82, 2.24) is 0 Å². The lowest BCUT2D eigenvalue weighted by atomic mass is 9.90. The summed E-state index contributed by atoms with van der Waals surface area (Å²) in [7, 11) is -5.12. The number of carbonyl (C=O) groups is 5. The predicted octanol–water partition coefficient (Wildman–Crippen LogP) is 2.68. The number of esters is 5. The summed E-state index contributed by atoms with van der Waals surface area (Å²) < 4.78 is 48.6. The van der Waals surface area contributed by atoms with Gasteiger partial charge in [0.2, 0.25) is 0 Å². The van der Waals surface area contributed by atoms with Gasteiger partial charge in [0.1, 0.15) is 33.0 Å². The van der Waals surface area contributed by atoms with E-state index in [9.17, 15) is 38.3 Å². The number of hydrogen-bond donors (Lipinski definition) is 2. The average Bonchev–Trinajstić information content (AvgIpc) is 2.96. The molecule has 0 spiro atoms. The van der Waals surface area contributed by atoms with Crippen molar-refractivity contribution in [2.45, 2.75) is 34.6 Å². The van der Waals surface area contributed by atoms with E-state index in [1.54, 1.807) is 0 Å². The van der Waals surface area contributed by atoms with Gasteiger partial charge < -0.3 is 38.2 Å². The topological polar surface area (TPSA) is 207 Å². The van der Waals surface area contributed by atoms with E-state index < -0.39 is 101 Å². The van der Waals surface area contributed by atoms with E-state index >= 15 is 0 Å². The van der Waals surface area contributed by atoms with Crippen LogP contribution in [0.15, 0.2) is 60.8 Å². The molecule has 15 nitrogen and oxygen atoms in total. The van der Waals surface area contributed by atoms with Gasteiger partial charge in [-0.15, -0.1) is 0 Å². The number of phosphoric ester groups is 1. The number of ether oxygens (including phenoxy) is 6. The molecule has 0 aromatic carbocycles. The molecule has 0 radical (unpaired) electrons. The van der Waals surface area contributed by atoms with Crippen molar-refractivity contribution in [1.29, 1.82) is 0 Å². The number of hydrogen-bond acceptors (Lipinski definition) is 13. The normalized spacial score (nSPS) is 11.5. The van der Waals surface area contributed by atoms with Gasteiger partial charge in [0, 0.05) is 27.9 Å². The first-order chi connectivity index (χ1) is 21.1. The van der Waals surface area contributed by atoms with Crippen LogP contribution in [-0.2, 0) is 61.5 Å². The first-order valence-electron chi connectivity index (χ1n) is 13.5. The van der Waals surface area contributed by atoms with Crippen LogP contribution in [0.2, 0.25) is 0 Å². The first-order valence-corrected chi connectivity index (χ1v) is 15.0. The summed E-state index contributed by atoms with van der Waals surface area (Å²) in [5.74, 6) is -4.25. The molecule has 0 aliphatic carbocycles. The molecule has 0 aromatic rings. The fourth-order valence-electron chi connectivity index (χ4n) is 2.91. The number of phosphoric acid groups is 1. The molecule has 0 amide bonds. The molecule has 258 valence electrons. The second-order valence-corrected chi connectivity index (χ2v) is 12.3. The summed E-state index contributed by atoms with van der Waals surface area (Å²) in [6, 6.07) is 0. The summed E-state index contributed by atoms with van der Waals surface area (Å²) in [6.45, 7) is 19.4. The van der Waals surface area contributed by atoms with Crippen LogP contribution in [0.1, 0.15) is 34.6 Å². The Hall–Kier alpha value is -3.88. The zero-order valence-corrected chi connectivity index (χ0v) is 27.7. The molecule has 0 aromatic heterocycles. The van der Waals surface area contributed by atoms with Gasteiger partial charge in [-0.3, -0.25) is 4.52 Å². The Morgan fingerprint density at radius 3 is 0.891 bits per heavy atom. The Balaban J connectivity index is 6.68. The third-order valence-corrected chi connectivity index (χ3v) is 6.11. The van der Waals surface area contributed by atoms with E-state index in [2.05, 4.69) is 32.9 Å². The van der Waals surface area contributed by atoms with E-state index in [4.69, 9.17) is 32.9 Å². The van der Waals surface area contributed by atoms with E-state index in [1.165, 1.54) is 34.6 Å². The molecular formula is C30H43O15P. The summed E-state index contributed by atoms with van der Waals surface area (Å²) >= 11 is 0. The molecule has 16 heteroatoms. The number of rotatable bonds is 22. The highest BCUT2D eigenvalue weighted by atomic mass is 31.2. The molecular weight excluding hydrogens is 631 g/mol. The van der Waals surface area contributed by atoms with Crippen LogP contribution in [0.25, 0.3) is 0 Å². The van der Waals surface area contributed by atoms with Crippen LogP contribution in [0, 0.1) is 10.8 Å². The smallest absolute Gasteiger partial charge is 0.461 e. The molecule has 2 N–H and O–H groups in total. The van der Waals surface area contributed by atoms with Crippen molar-refractivity contribution >= 4 is 37.7 Å². The monoisotopic (exact) mass is 674 g/mol. The minimum absolute atomic E-state index is 0.0124. The average molecular weight is 675 g/mol. The summed E-state index contributed by atoms with van der Waals surface area (Å²) in [5.41, 5.74) is -3.30. The number of carbonyl (C=O) groups excluding carboxylic acids is 5. The molecule has 0 saturated heterocycles. The Kier molecular flexibility index (Phi) is 17.3. The molecule has 46 heavy (non-hydrogen) atoms. The van der Waals surface area contributed by atoms with Crippen molar-refractivity contribution in [2.24, 2.45) is 10.8 Å². The molecule has 0 heterocycles. The highest BCUT2D eigenvalue weighted by molar-refractivity contribution is 7.46. The maximum absolute atomic E-state index is 12.3. The van der Waals surface area contributed by atoms with Crippen molar-refractivity contribution in [3.05, 3.63) is 60.8 Å². The second-order valence-electron chi connectivity index (χ2n) is 11.0. The van der Waals surface area contributed by atoms with Gasteiger partial charge in [0.25, 0.3) is 0 Å². The highest BCUT2D eigenvalue weighted by Gasteiger charge is 2.41. The SMILES string of the molecule is C=C(C)C(=O)OCC(COCC(COC(=O)C(=C)C)(COC(=O)C(=C)C)COP(=O)(O)O)(COC(=O)C(=C)C)COC(=O)C(=C)C. The second kappa shape index (κ2) is 18.9. The van der Waals surface area contributed by atoms with Crippen molar-refractivity contribution in [3.8, 4) is 0 Å². The summed E-state index contributed by atoms with van der Waals surface area (Å²) in [5, 5.41) is 0. The standard InChI is InChI=1S/C30H43O15P/c1-19(2)24(31)40-13-29(14-41-25(32)20(3)4,15-42-26(33)21(5)6)11-39-12-30(18-45-46(36,37)38,16-43-27(34)22(7)8)17-44-28(35)23(9)10/h1,3,5,7,9,11-18H2,2,4,6,8,10H3,(H2,36,37,38). The quantitative estimate of drug-likeness (QED) is 0.0732. The molecule has 0 aliphatic heterocycles. The maximum Gasteiger partial charge on any atom is 0.469 e. The molecule has 0 fully saturated rings. The van der Waals surface area contributed by atoms with Gasteiger partial charge in [0.15, 0.2) is 0 Å². The van der Waals surface area contributed by atoms with Crippen LogP contribution in [0.4, 0.5) is 0 Å². The fourth-order valence-corrected chi connectivity index (χ4v) is 3.36. The van der Waals surface area contributed by atoms with Gasteiger partial charge in [-0.2, -0.15) is 0 Å².